The highest BCUT2D eigenvalue weighted by Gasteiger charge is 2.14. The monoisotopic (exact) mass is 385 g/mol. The number of rotatable bonds is 6. The van der Waals surface area contributed by atoms with Crippen LogP contribution < -0.4 is 5.32 Å². The Labute approximate surface area is 169 Å². The standard InChI is InChI=1S/C24H23N3O2/c1-16-10-12-19(13-11-16)24-26-23(29-27-24)15-14-22(28)25-17(2)20-9-5-7-18-6-3-4-8-21(18)20/h3-13,17H,14-15H2,1-2H3,(H,25,28). The summed E-state index contributed by atoms with van der Waals surface area (Å²) in [7, 11) is 0. The van der Waals surface area contributed by atoms with Crippen molar-refractivity contribution < 1.29 is 9.32 Å². The van der Waals surface area contributed by atoms with Crippen LogP contribution in [0, 0.1) is 6.92 Å². The van der Waals surface area contributed by atoms with Gasteiger partial charge < -0.3 is 9.84 Å². The van der Waals surface area contributed by atoms with Gasteiger partial charge in [0.05, 0.1) is 6.04 Å². The molecule has 1 amide bonds. The van der Waals surface area contributed by atoms with Gasteiger partial charge in [0.1, 0.15) is 0 Å². The van der Waals surface area contributed by atoms with E-state index in [2.05, 4.69) is 39.7 Å². The number of amides is 1. The van der Waals surface area contributed by atoms with Crippen LogP contribution in [0.4, 0.5) is 0 Å². The Hall–Kier alpha value is -3.47. The molecule has 1 atom stereocenters. The summed E-state index contributed by atoms with van der Waals surface area (Å²) >= 11 is 0. The number of hydrogen-bond donors (Lipinski definition) is 1. The molecule has 5 nitrogen and oxygen atoms in total. The highest BCUT2D eigenvalue weighted by atomic mass is 16.5. The molecule has 0 aliphatic heterocycles. The van der Waals surface area contributed by atoms with Crippen LogP contribution in [0.3, 0.4) is 0 Å². The highest BCUT2D eigenvalue weighted by Crippen LogP contribution is 2.24. The van der Waals surface area contributed by atoms with Crippen molar-refractivity contribution in [2.24, 2.45) is 0 Å². The molecule has 0 radical (unpaired) electrons. The quantitative estimate of drug-likeness (QED) is 0.507. The molecule has 146 valence electrons. The van der Waals surface area contributed by atoms with Gasteiger partial charge in [0.25, 0.3) is 0 Å². The Morgan fingerprint density at radius 2 is 1.79 bits per heavy atom. The molecule has 5 heteroatoms. The van der Waals surface area contributed by atoms with Gasteiger partial charge in [0.15, 0.2) is 0 Å². The maximum atomic E-state index is 12.4. The molecular formula is C24H23N3O2. The lowest BCUT2D eigenvalue weighted by Crippen LogP contribution is -2.27. The third-order valence-electron chi connectivity index (χ3n) is 5.01. The SMILES string of the molecule is Cc1ccc(-c2noc(CCC(=O)NC(C)c3cccc4ccccc34)n2)cc1. The molecule has 1 unspecified atom stereocenters. The molecule has 4 rings (SSSR count). The number of aryl methyl sites for hydroxylation is 2. The summed E-state index contributed by atoms with van der Waals surface area (Å²) in [6.07, 6.45) is 0.706. The second kappa shape index (κ2) is 8.27. The fraction of sp³-hybridized carbons (Fsp3) is 0.208. The minimum atomic E-state index is -0.0839. The minimum Gasteiger partial charge on any atom is -0.350 e. The normalized spacial score (nSPS) is 12.1. The summed E-state index contributed by atoms with van der Waals surface area (Å²) in [5.41, 5.74) is 3.19. The van der Waals surface area contributed by atoms with Gasteiger partial charge in [-0.15, -0.1) is 0 Å². The Balaban J connectivity index is 1.37. The van der Waals surface area contributed by atoms with Crippen LogP contribution >= 0.6 is 0 Å². The number of carbonyl (C=O) groups excluding carboxylic acids is 1. The van der Waals surface area contributed by atoms with E-state index in [4.69, 9.17) is 4.52 Å². The topological polar surface area (TPSA) is 68.0 Å². The van der Waals surface area contributed by atoms with Gasteiger partial charge >= 0.3 is 0 Å². The van der Waals surface area contributed by atoms with Crippen molar-refractivity contribution in [3.63, 3.8) is 0 Å². The molecule has 4 aromatic rings. The fourth-order valence-corrected chi connectivity index (χ4v) is 3.42. The van der Waals surface area contributed by atoms with Gasteiger partial charge in [-0.25, -0.2) is 0 Å². The molecule has 0 spiro atoms. The highest BCUT2D eigenvalue weighted by molar-refractivity contribution is 5.86. The molecule has 29 heavy (non-hydrogen) atoms. The first kappa shape index (κ1) is 18.9. The number of fused-ring (bicyclic) bond motifs is 1. The Kier molecular flexibility index (Phi) is 5.38. The zero-order chi connectivity index (χ0) is 20.2. The molecule has 0 aliphatic carbocycles. The van der Waals surface area contributed by atoms with Crippen LogP contribution in [0.2, 0.25) is 0 Å². The van der Waals surface area contributed by atoms with E-state index in [1.165, 1.54) is 10.9 Å². The lowest BCUT2D eigenvalue weighted by atomic mass is 9.99. The summed E-state index contributed by atoms with van der Waals surface area (Å²) in [4.78, 5) is 16.9. The van der Waals surface area contributed by atoms with E-state index in [9.17, 15) is 4.79 Å². The van der Waals surface area contributed by atoms with Gasteiger partial charge in [-0.1, -0.05) is 77.5 Å². The Morgan fingerprint density at radius 1 is 1.03 bits per heavy atom. The number of nitrogens with zero attached hydrogens (tertiary/aromatic N) is 2. The van der Waals surface area contributed by atoms with Gasteiger partial charge in [-0.05, 0) is 30.2 Å². The molecule has 0 bridgehead atoms. The van der Waals surface area contributed by atoms with Gasteiger partial charge in [-0.3, -0.25) is 4.79 Å². The van der Waals surface area contributed by atoms with Crippen molar-refractivity contribution in [1.82, 2.24) is 15.5 Å². The summed E-state index contributed by atoms with van der Waals surface area (Å²) in [5, 5.41) is 9.42. The first-order valence-electron chi connectivity index (χ1n) is 9.77. The van der Waals surface area contributed by atoms with E-state index >= 15 is 0 Å². The van der Waals surface area contributed by atoms with Crippen LogP contribution in [0.5, 0.6) is 0 Å². The molecule has 0 saturated heterocycles. The van der Waals surface area contributed by atoms with E-state index in [0.29, 0.717) is 24.6 Å². The molecule has 1 aromatic heterocycles. The number of benzene rings is 3. The van der Waals surface area contributed by atoms with E-state index in [0.717, 1.165) is 16.5 Å². The average molecular weight is 385 g/mol. The molecule has 0 aliphatic rings. The lowest BCUT2D eigenvalue weighted by molar-refractivity contribution is -0.121. The number of aromatic nitrogens is 2. The second-order valence-corrected chi connectivity index (χ2v) is 7.24. The predicted octanol–water partition coefficient (Wildman–Crippen LogP) is 5.01. The molecule has 3 aromatic carbocycles. The zero-order valence-corrected chi connectivity index (χ0v) is 16.6. The summed E-state index contributed by atoms with van der Waals surface area (Å²) in [6.45, 7) is 4.03. The smallest absolute Gasteiger partial charge is 0.227 e. The maximum absolute atomic E-state index is 12.4. The van der Waals surface area contributed by atoms with Crippen LogP contribution in [-0.2, 0) is 11.2 Å². The second-order valence-electron chi connectivity index (χ2n) is 7.24. The van der Waals surface area contributed by atoms with Crippen LogP contribution in [0.25, 0.3) is 22.2 Å². The number of hydrogen-bond acceptors (Lipinski definition) is 4. The Morgan fingerprint density at radius 3 is 2.62 bits per heavy atom. The van der Waals surface area contributed by atoms with Crippen LogP contribution in [0.1, 0.15) is 36.4 Å². The van der Waals surface area contributed by atoms with Crippen molar-refractivity contribution in [3.05, 3.63) is 83.7 Å². The van der Waals surface area contributed by atoms with Crippen molar-refractivity contribution in [2.45, 2.75) is 32.7 Å². The van der Waals surface area contributed by atoms with Crippen molar-refractivity contribution in [3.8, 4) is 11.4 Å². The maximum Gasteiger partial charge on any atom is 0.227 e. The number of nitrogens with one attached hydrogen (secondary N) is 1. The van der Waals surface area contributed by atoms with E-state index in [-0.39, 0.29) is 11.9 Å². The van der Waals surface area contributed by atoms with Crippen LogP contribution in [0.15, 0.2) is 71.3 Å². The first-order chi connectivity index (χ1) is 14.1. The Bertz CT molecular complexity index is 1130. The third-order valence-corrected chi connectivity index (χ3v) is 5.01. The fourth-order valence-electron chi connectivity index (χ4n) is 3.42. The minimum absolute atomic E-state index is 0.0412. The van der Waals surface area contributed by atoms with Crippen molar-refractivity contribution in [1.29, 1.82) is 0 Å². The third kappa shape index (κ3) is 4.35. The van der Waals surface area contributed by atoms with Crippen molar-refractivity contribution >= 4 is 16.7 Å². The molecular weight excluding hydrogens is 362 g/mol. The molecule has 1 N–H and O–H groups in total. The summed E-state index contributed by atoms with van der Waals surface area (Å²) in [6, 6.07) is 22.2. The number of carbonyl (C=O) groups is 1. The van der Waals surface area contributed by atoms with E-state index in [1.807, 2.05) is 56.3 Å². The predicted molar refractivity (Wildman–Crippen MR) is 113 cm³/mol. The summed E-state index contributed by atoms with van der Waals surface area (Å²) < 4.78 is 5.31. The van der Waals surface area contributed by atoms with E-state index < -0.39 is 0 Å². The molecule has 0 fully saturated rings. The van der Waals surface area contributed by atoms with E-state index in [1.54, 1.807) is 0 Å². The zero-order valence-electron chi connectivity index (χ0n) is 16.6. The average Bonchev–Trinajstić information content (AvgIpc) is 3.21. The lowest BCUT2D eigenvalue weighted by Gasteiger charge is -2.16. The van der Waals surface area contributed by atoms with Crippen molar-refractivity contribution in [2.75, 3.05) is 0 Å². The van der Waals surface area contributed by atoms with Gasteiger partial charge in [0, 0.05) is 18.4 Å². The first-order valence-corrected chi connectivity index (χ1v) is 9.77. The summed E-state index contributed by atoms with van der Waals surface area (Å²) in [5.74, 6) is 0.971. The van der Waals surface area contributed by atoms with Crippen LogP contribution in [-0.4, -0.2) is 16.0 Å². The largest absolute Gasteiger partial charge is 0.350 e. The molecule has 1 heterocycles. The van der Waals surface area contributed by atoms with Gasteiger partial charge in [0.2, 0.25) is 17.6 Å². The van der Waals surface area contributed by atoms with Gasteiger partial charge in [-0.2, -0.15) is 4.98 Å². The molecule has 0 saturated carbocycles.